The van der Waals surface area contributed by atoms with Gasteiger partial charge in [-0.3, -0.25) is 4.98 Å². The molecule has 0 aliphatic heterocycles. The zero-order valence-electron chi connectivity index (χ0n) is 29.1. The highest BCUT2D eigenvalue weighted by Gasteiger charge is 2.52. The Morgan fingerprint density at radius 2 is 0.567 bits per heavy atom. The van der Waals surface area contributed by atoms with E-state index in [1.165, 1.54) is 11.1 Å². The highest BCUT2D eigenvalue weighted by atomic mass is 19.2. The van der Waals surface area contributed by atoms with Gasteiger partial charge in [-0.2, -0.15) is 4.57 Å². The predicted octanol–water partition coefficient (Wildman–Crippen LogP) is 7.83. The molecule has 0 spiro atoms. The van der Waals surface area contributed by atoms with Gasteiger partial charge in [0.2, 0.25) is 0 Å². The summed E-state index contributed by atoms with van der Waals surface area (Å²) in [7, 11) is 0. The first-order chi connectivity index (χ1) is 28.1. The zero-order chi connectivity index (χ0) is 44.9. The fourth-order valence-corrected chi connectivity index (χ4v) is 6.42. The van der Waals surface area contributed by atoms with Crippen molar-refractivity contribution in [2.45, 2.75) is 19.9 Å². The second-order valence-corrected chi connectivity index (χ2v) is 12.4. The molecule has 2 nitrogen and oxygen atoms in total. The molecule has 1 heterocycles. The van der Waals surface area contributed by atoms with Crippen LogP contribution in [-0.4, -0.2) is 11.1 Å². The van der Waals surface area contributed by atoms with E-state index in [9.17, 15) is 52.7 Å². The summed E-state index contributed by atoms with van der Waals surface area (Å²) in [5.74, 6) is -71.4. The van der Waals surface area contributed by atoms with E-state index in [1.54, 1.807) is 12.4 Å². The van der Waals surface area contributed by atoms with E-state index >= 15 is 35.1 Å². The molecule has 6 rings (SSSR count). The van der Waals surface area contributed by atoms with Gasteiger partial charge in [0.05, 0.1) is 12.4 Å². The maximum atomic E-state index is 15.4. The summed E-state index contributed by atoms with van der Waals surface area (Å²) in [5.41, 5.74) is -11.6. The first-order valence-electron chi connectivity index (χ1n) is 16.2. The number of benzene rings is 5. The smallest absolute Gasteiger partial charge is 0.200 e. The molecule has 0 saturated heterocycles. The van der Waals surface area contributed by atoms with Crippen molar-refractivity contribution in [3.63, 3.8) is 0 Å². The van der Waals surface area contributed by atoms with E-state index in [0.717, 1.165) is 13.0 Å². The molecule has 0 unspecified atom stereocenters. The first-order valence-corrected chi connectivity index (χ1v) is 16.2. The van der Waals surface area contributed by atoms with Crippen molar-refractivity contribution in [2.75, 3.05) is 0 Å². The van der Waals surface area contributed by atoms with E-state index < -0.39 is 144 Å². The molecular formula is C37H15BF20N2. The van der Waals surface area contributed by atoms with Gasteiger partial charge in [-0.1, -0.05) is 31.2 Å². The average Bonchev–Trinajstić information content (AvgIpc) is 3.24. The maximum absolute atomic E-state index is 15.4. The second-order valence-electron chi connectivity index (χ2n) is 12.4. The van der Waals surface area contributed by atoms with E-state index in [-0.39, 0.29) is 0 Å². The summed E-state index contributed by atoms with van der Waals surface area (Å²) < 4.78 is 296. The zero-order valence-corrected chi connectivity index (χ0v) is 29.1. The molecule has 0 N–H and O–H groups in total. The van der Waals surface area contributed by atoms with Gasteiger partial charge in [0.1, 0.15) is 52.7 Å². The van der Waals surface area contributed by atoms with Gasteiger partial charge in [-0.25, -0.2) is 87.8 Å². The van der Waals surface area contributed by atoms with Crippen molar-refractivity contribution in [2.24, 2.45) is 0 Å². The Hall–Kier alpha value is -6.16. The first kappa shape index (κ1) is 44.9. The van der Waals surface area contributed by atoms with Crippen LogP contribution in [0.2, 0.25) is 0 Å². The molecule has 0 radical (unpaired) electrons. The van der Waals surface area contributed by atoms with Crippen LogP contribution in [0.15, 0.2) is 49.1 Å². The molecule has 60 heavy (non-hydrogen) atoms. The SMILES string of the molecule is CCc1ccc(C[n+]2ccncc2)cc1.Fc1c(F)c(F)c([B-](c2c(F)c(F)c(F)c(F)c2F)(c2c(F)c(F)c(F)c(F)c2F)c2c(F)c(F)c(F)c(F)c2F)c(F)c1F. The monoisotopic (exact) mass is 878 g/mol. The van der Waals surface area contributed by atoms with Crippen LogP contribution in [0.5, 0.6) is 0 Å². The number of aromatic nitrogens is 2. The van der Waals surface area contributed by atoms with Crippen LogP contribution in [0.4, 0.5) is 87.8 Å². The van der Waals surface area contributed by atoms with Crippen LogP contribution in [0.3, 0.4) is 0 Å². The van der Waals surface area contributed by atoms with Crippen molar-refractivity contribution in [1.29, 1.82) is 0 Å². The minimum atomic E-state index is -7.22. The predicted molar refractivity (Wildman–Crippen MR) is 169 cm³/mol. The van der Waals surface area contributed by atoms with Crippen LogP contribution in [0, 0.1) is 116 Å². The molecular weight excluding hydrogens is 863 g/mol. The molecule has 0 amide bonds. The summed E-state index contributed by atoms with van der Waals surface area (Å²) >= 11 is 0. The van der Waals surface area contributed by atoms with Gasteiger partial charge < -0.3 is 0 Å². The van der Waals surface area contributed by atoms with E-state index in [0.29, 0.717) is 0 Å². The Morgan fingerprint density at radius 3 is 0.800 bits per heavy atom. The summed E-state index contributed by atoms with van der Waals surface area (Å²) in [6, 6.07) is 8.76. The molecule has 316 valence electrons. The fraction of sp³-hybridized carbons (Fsp3) is 0.0811. The quantitative estimate of drug-likeness (QED) is 0.0526. The third-order valence-electron chi connectivity index (χ3n) is 9.19. The molecule has 0 fully saturated rings. The Morgan fingerprint density at radius 1 is 0.350 bits per heavy atom. The Kier molecular flexibility index (Phi) is 12.6. The lowest BCUT2D eigenvalue weighted by Gasteiger charge is -2.44. The molecule has 0 bridgehead atoms. The molecule has 0 aliphatic rings. The molecule has 23 heteroatoms. The summed E-state index contributed by atoms with van der Waals surface area (Å²) in [6.07, 6.45) is 1.45. The van der Waals surface area contributed by atoms with Gasteiger partial charge in [-0.15, -0.1) is 21.9 Å². The van der Waals surface area contributed by atoms with Crippen LogP contribution in [0.25, 0.3) is 0 Å². The topological polar surface area (TPSA) is 16.8 Å². The maximum Gasteiger partial charge on any atom is 0.200 e. The van der Waals surface area contributed by atoms with Gasteiger partial charge >= 0.3 is 0 Å². The minimum absolute atomic E-state index is 0.909. The van der Waals surface area contributed by atoms with Crippen LogP contribution >= 0.6 is 0 Å². The van der Waals surface area contributed by atoms with Crippen molar-refractivity contribution in [3.05, 3.63) is 177 Å². The highest BCUT2D eigenvalue weighted by molar-refractivity contribution is 7.20. The molecule has 5 aromatic carbocycles. The molecule has 0 saturated carbocycles. The van der Waals surface area contributed by atoms with Gasteiger partial charge in [0.25, 0.3) is 0 Å². The Balaban J connectivity index is 0.000000379. The van der Waals surface area contributed by atoms with Gasteiger partial charge in [0, 0.05) is 5.56 Å². The lowest BCUT2D eigenvalue weighted by Crippen LogP contribution is -2.81. The van der Waals surface area contributed by atoms with Crippen LogP contribution in [0.1, 0.15) is 18.1 Å². The number of nitrogens with zero attached hydrogens (tertiary/aromatic N) is 2. The number of hydrogen-bond donors (Lipinski definition) is 0. The van der Waals surface area contributed by atoms with Crippen molar-refractivity contribution in [1.82, 2.24) is 4.98 Å². The lowest BCUT2D eigenvalue weighted by atomic mass is 9.12. The standard InChI is InChI=1S/C24BF20.C13H15N2/c26-5-1(6(27)14(35)21(42)13(5)34)25(2-7(28)15(36)22(43)16(37)8(2)29,3-9(30)17(38)23(44)18(39)10(3)31)4-11(32)19(40)24(45)20(41)12(4)33;1-2-12-3-5-13(6-4-12)11-15-9-7-14-8-10-15/h;3-10H,2,11H2,1H3/q-1;+1. The van der Waals surface area contributed by atoms with E-state index in [4.69, 9.17) is 0 Å². The lowest BCUT2D eigenvalue weighted by molar-refractivity contribution is -0.688. The molecule has 0 aliphatic carbocycles. The second kappa shape index (κ2) is 16.8. The number of rotatable bonds is 7. The summed E-state index contributed by atoms with van der Waals surface area (Å²) in [4.78, 5) is 3.99. The summed E-state index contributed by atoms with van der Waals surface area (Å²) in [6.45, 7) is 3.08. The third-order valence-corrected chi connectivity index (χ3v) is 9.19. The summed E-state index contributed by atoms with van der Waals surface area (Å²) in [5, 5.41) is 0. The average molecular weight is 878 g/mol. The van der Waals surface area contributed by atoms with Crippen molar-refractivity contribution < 1.29 is 92.4 Å². The highest BCUT2D eigenvalue weighted by Crippen LogP contribution is 2.30. The minimum Gasteiger partial charge on any atom is -0.252 e. The van der Waals surface area contributed by atoms with E-state index in [2.05, 4.69) is 40.7 Å². The molecule has 6 aromatic rings. The Labute approximate surface area is 321 Å². The number of hydrogen-bond acceptors (Lipinski definition) is 1. The normalized spacial score (nSPS) is 11.6. The fourth-order valence-electron chi connectivity index (χ4n) is 6.42. The largest absolute Gasteiger partial charge is 0.252 e. The molecule has 0 atom stereocenters. The number of aryl methyl sites for hydroxylation is 1. The number of halogens is 20. The van der Waals surface area contributed by atoms with Gasteiger partial charge in [0.15, 0.2) is 88.7 Å². The Bertz CT molecular complexity index is 2280. The molecule has 1 aromatic heterocycles. The van der Waals surface area contributed by atoms with Crippen molar-refractivity contribution in [3.8, 4) is 0 Å². The third kappa shape index (κ3) is 7.05. The van der Waals surface area contributed by atoms with Crippen molar-refractivity contribution >= 4 is 28.0 Å². The van der Waals surface area contributed by atoms with E-state index in [1.807, 2.05) is 12.4 Å². The van der Waals surface area contributed by atoms with Gasteiger partial charge in [-0.05, 0) is 12.0 Å². The van der Waals surface area contributed by atoms with Crippen LogP contribution < -0.4 is 26.4 Å². The van der Waals surface area contributed by atoms with Crippen LogP contribution in [-0.2, 0) is 13.0 Å².